The number of amides is 2. The van der Waals surface area contributed by atoms with E-state index in [-0.39, 0.29) is 23.5 Å². The minimum absolute atomic E-state index is 0.0115. The lowest BCUT2D eigenvalue weighted by Gasteiger charge is -2.57. The van der Waals surface area contributed by atoms with Gasteiger partial charge in [-0.05, 0) is 79.8 Å². The van der Waals surface area contributed by atoms with Crippen LogP contribution >= 0.6 is 0 Å². The molecule has 0 aliphatic heterocycles. The van der Waals surface area contributed by atoms with Gasteiger partial charge in [0.25, 0.3) is 11.8 Å². The van der Waals surface area contributed by atoms with Gasteiger partial charge in [-0.3, -0.25) is 14.3 Å². The van der Waals surface area contributed by atoms with Crippen molar-refractivity contribution in [3.8, 4) is 22.9 Å². The number of rotatable bonds is 6. The Morgan fingerprint density at radius 3 is 2.72 bits per heavy atom. The SMILES string of the molecule is COc1ccc2c(c1)CCc1c-2nn(C)c1C(=O)NC1CC2(C1)CC(Oc1ncccc1C(N)=O)C2. The zero-order valence-corrected chi connectivity index (χ0v) is 20.4. The van der Waals surface area contributed by atoms with Crippen LogP contribution in [-0.4, -0.2) is 45.8 Å². The number of aromatic nitrogens is 3. The molecule has 2 amide bonds. The van der Waals surface area contributed by atoms with Crippen LogP contribution in [0.4, 0.5) is 0 Å². The minimum atomic E-state index is -0.542. The third kappa shape index (κ3) is 3.70. The lowest BCUT2D eigenvalue weighted by Crippen LogP contribution is -2.59. The topological polar surface area (TPSA) is 121 Å². The molecule has 6 rings (SSSR count). The summed E-state index contributed by atoms with van der Waals surface area (Å²) < 4.78 is 13.0. The summed E-state index contributed by atoms with van der Waals surface area (Å²) in [5.41, 5.74) is 10.7. The van der Waals surface area contributed by atoms with E-state index in [0.29, 0.717) is 17.1 Å². The summed E-state index contributed by atoms with van der Waals surface area (Å²) in [4.78, 5) is 29.0. The number of hydrogen-bond acceptors (Lipinski definition) is 6. The Balaban J connectivity index is 1.08. The molecule has 2 saturated carbocycles. The molecule has 186 valence electrons. The predicted octanol–water partition coefficient (Wildman–Crippen LogP) is 2.81. The molecule has 3 aromatic rings. The Bertz CT molecular complexity index is 1370. The highest BCUT2D eigenvalue weighted by Gasteiger charge is 2.54. The van der Waals surface area contributed by atoms with Crippen molar-refractivity contribution in [1.29, 1.82) is 0 Å². The molecule has 3 aliphatic rings. The van der Waals surface area contributed by atoms with Gasteiger partial charge in [0.05, 0.1) is 12.8 Å². The van der Waals surface area contributed by atoms with Crippen LogP contribution in [0.5, 0.6) is 11.6 Å². The molecule has 0 unspecified atom stereocenters. The summed E-state index contributed by atoms with van der Waals surface area (Å²) in [5, 5.41) is 7.93. The Labute approximate surface area is 209 Å². The predicted molar refractivity (Wildman–Crippen MR) is 132 cm³/mol. The van der Waals surface area contributed by atoms with Crippen LogP contribution in [0.15, 0.2) is 36.5 Å². The van der Waals surface area contributed by atoms with E-state index in [1.54, 1.807) is 30.1 Å². The molecule has 1 spiro atoms. The number of aryl methyl sites for hydroxylation is 2. The summed E-state index contributed by atoms with van der Waals surface area (Å²) in [7, 11) is 3.51. The summed E-state index contributed by atoms with van der Waals surface area (Å²) in [6, 6.07) is 9.46. The lowest BCUT2D eigenvalue weighted by atomic mass is 9.53. The van der Waals surface area contributed by atoms with Crippen LogP contribution in [0, 0.1) is 5.41 Å². The average molecular weight is 488 g/mol. The molecular formula is C27H29N5O4. The van der Waals surface area contributed by atoms with E-state index in [4.69, 9.17) is 20.3 Å². The molecular weight excluding hydrogens is 458 g/mol. The van der Waals surface area contributed by atoms with E-state index in [0.717, 1.165) is 61.1 Å². The molecule has 2 heterocycles. The van der Waals surface area contributed by atoms with Crippen LogP contribution in [0.1, 0.15) is 57.7 Å². The molecule has 2 fully saturated rings. The van der Waals surface area contributed by atoms with Crippen LogP contribution in [-0.2, 0) is 19.9 Å². The second-order valence-corrected chi connectivity index (χ2v) is 10.3. The van der Waals surface area contributed by atoms with Gasteiger partial charge in [-0.15, -0.1) is 0 Å². The summed E-state index contributed by atoms with van der Waals surface area (Å²) in [6.07, 6.45) is 6.85. The molecule has 0 atom stereocenters. The Morgan fingerprint density at radius 1 is 1.17 bits per heavy atom. The number of carbonyl (C=O) groups excluding carboxylic acids is 2. The number of nitrogens with two attached hydrogens (primary N) is 1. The summed E-state index contributed by atoms with van der Waals surface area (Å²) in [5.74, 6) is 0.533. The maximum atomic E-state index is 13.3. The van der Waals surface area contributed by atoms with Crippen molar-refractivity contribution >= 4 is 11.8 Å². The molecule has 3 aliphatic carbocycles. The highest BCUT2D eigenvalue weighted by atomic mass is 16.5. The van der Waals surface area contributed by atoms with Gasteiger partial charge in [0, 0.05) is 30.4 Å². The first-order valence-corrected chi connectivity index (χ1v) is 12.3. The third-order valence-corrected chi connectivity index (χ3v) is 7.90. The highest BCUT2D eigenvalue weighted by Crippen LogP contribution is 2.56. The molecule has 9 nitrogen and oxygen atoms in total. The lowest BCUT2D eigenvalue weighted by molar-refractivity contribution is -0.0848. The normalized spacial score (nSPS) is 23.6. The molecule has 9 heteroatoms. The first-order valence-electron chi connectivity index (χ1n) is 12.3. The van der Waals surface area contributed by atoms with E-state index in [2.05, 4.69) is 16.4 Å². The van der Waals surface area contributed by atoms with Gasteiger partial charge in [-0.25, -0.2) is 4.98 Å². The van der Waals surface area contributed by atoms with Gasteiger partial charge in [-0.1, -0.05) is 0 Å². The van der Waals surface area contributed by atoms with Gasteiger partial charge >= 0.3 is 0 Å². The van der Waals surface area contributed by atoms with Gasteiger partial charge < -0.3 is 20.5 Å². The molecule has 0 radical (unpaired) electrons. The number of primary amides is 1. The van der Waals surface area contributed by atoms with Crippen molar-refractivity contribution in [2.45, 2.75) is 50.7 Å². The number of benzene rings is 1. The quantitative estimate of drug-likeness (QED) is 0.552. The number of fused-ring (bicyclic) bond motifs is 3. The summed E-state index contributed by atoms with van der Waals surface area (Å²) >= 11 is 0. The maximum Gasteiger partial charge on any atom is 0.270 e. The first-order chi connectivity index (χ1) is 17.4. The van der Waals surface area contributed by atoms with Crippen LogP contribution in [0.3, 0.4) is 0 Å². The molecule has 1 aromatic carbocycles. The van der Waals surface area contributed by atoms with Crippen LogP contribution in [0.25, 0.3) is 11.3 Å². The fourth-order valence-electron chi connectivity index (χ4n) is 6.19. The number of pyridine rings is 1. The van der Waals surface area contributed by atoms with E-state index >= 15 is 0 Å². The second-order valence-electron chi connectivity index (χ2n) is 10.3. The molecule has 2 aromatic heterocycles. The van der Waals surface area contributed by atoms with Crippen molar-refractivity contribution in [2.75, 3.05) is 7.11 Å². The minimum Gasteiger partial charge on any atom is -0.497 e. The molecule has 3 N–H and O–H groups in total. The van der Waals surface area contributed by atoms with Gasteiger partial charge in [0.1, 0.15) is 23.1 Å². The van der Waals surface area contributed by atoms with Crippen LogP contribution in [0.2, 0.25) is 0 Å². The highest BCUT2D eigenvalue weighted by molar-refractivity contribution is 5.96. The Morgan fingerprint density at radius 2 is 1.97 bits per heavy atom. The number of hydrogen-bond donors (Lipinski definition) is 2. The third-order valence-electron chi connectivity index (χ3n) is 7.90. The van der Waals surface area contributed by atoms with Gasteiger partial charge in [0.2, 0.25) is 5.88 Å². The fraction of sp³-hybridized carbons (Fsp3) is 0.407. The smallest absolute Gasteiger partial charge is 0.270 e. The maximum absolute atomic E-state index is 13.3. The van der Waals surface area contributed by atoms with Gasteiger partial charge in [0.15, 0.2) is 0 Å². The van der Waals surface area contributed by atoms with Crippen LogP contribution < -0.4 is 20.5 Å². The van der Waals surface area contributed by atoms with E-state index < -0.39 is 5.91 Å². The number of methoxy groups -OCH3 is 1. The number of nitrogens with zero attached hydrogens (tertiary/aromatic N) is 3. The first kappa shape index (κ1) is 22.6. The largest absolute Gasteiger partial charge is 0.497 e. The fourth-order valence-corrected chi connectivity index (χ4v) is 6.19. The summed E-state index contributed by atoms with van der Waals surface area (Å²) in [6.45, 7) is 0. The Kier molecular flexibility index (Phi) is 5.24. The van der Waals surface area contributed by atoms with E-state index in [9.17, 15) is 9.59 Å². The van der Waals surface area contributed by atoms with Crippen molar-refractivity contribution in [1.82, 2.24) is 20.1 Å². The number of carbonyl (C=O) groups is 2. The standard InChI is InChI=1S/C27H29N5O4/c1-32-23(20-7-5-15-10-17(35-2)6-8-19(15)22(20)31-32)25(34)30-16-11-27(12-16)13-18(14-27)36-26-21(24(28)33)4-3-9-29-26/h3-4,6,8-10,16,18H,5,7,11-14H2,1-2H3,(H2,28,33)(H,30,34). The zero-order chi connectivity index (χ0) is 25.0. The monoisotopic (exact) mass is 487 g/mol. The van der Waals surface area contributed by atoms with Gasteiger partial charge in [-0.2, -0.15) is 5.10 Å². The molecule has 0 bridgehead atoms. The van der Waals surface area contributed by atoms with Crippen molar-refractivity contribution < 1.29 is 19.1 Å². The molecule has 0 saturated heterocycles. The van der Waals surface area contributed by atoms with Crippen molar-refractivity contribution in [3.63, 3.8) is 0 Å². The number of nitrogens with one attached hydrogen (secondary N) is 1. The second kappa shape index (κ2) is 8.36. The average Bonchev–Trinajstić information content (AvgIpc) is 3.17. The molecule has 36 heavy (non-hydrogen) atoms. The van der Waals surface area contributed by atoms with Crippen molar-refractivity contribution in [3.05, 3.63) is 58.9 Å². The Hall–Kier alpha value is -3.88. The van der Waals surface area contributed by atoms with Crippen molar-refractivity contribution in [2.24, 2.45) is 18.2 Å². The zero-order valence-electron chi connectivity index (χ0n) is 20.4. The van der Waals surface area contributed by atoms with E-state index in [1.807, 2.05) is 19.2 Å². The number of ether oxygens (including phenoxy) is 2. The van der Waals surface area contributed by atoms with E-state index in [1.165, 1.54) is 5.56 Å².